The first-order chi connectivity index (χ1) is 9.69. The van der Waals surface area contributed by atoms with Crippen LogP contribution in [0.2, 0.25) is 0 Å². The van der Waals surface area contributed by atoms with E-state index in [1.165, 1.54) is 16.6 Å². The number of nitrogens with two attached hydrogens (primary N) is 1. The smallest absolute Gasteiger partial charge is 0.397 e. The fourth-order valence-electron chi connectivity index (χ4n) is 1.62. The molecule has 0 fully saturated rings. The Morgan fingerprint density at radius 3 is 2.90 bits per heavy atom. The van der Waals surface area contributed by atoms with Crippen molar-refractivity contribution in [2.75, 3.05) is 0 Å². The third kappa shape index (κ3) is 1.84. The highest BCUT2D eigenvalue weighted by Gasteiger charge is 2.18. The third-order valence-electron chi connectivity index (χ3n) is 2.45. The van der Waals surface area contributed by atoms with E-state index in [-0.39, 0.29) is 17.5 Å². The fourth-order valence-corrected chi connectivity index (χ4v) is 1.62. The molecule has 0 saturated carbocycles. The second-order valence-electron chi connectivity index (χ2n) is 3.66. The molecular weight excluding hydrogens is 266 g/mol. The van der Waals surface area contributed by atoms with Crippen molar-refractivity contribution in [3.63, 3.8) is 0 Å². The molecule has 3 aromatic heterocycles. The number of furan rings is 1. The Morgan fingerprint density at radius 1 is 1.35 bits per heavy atom. The van der Waals surface area contributed by atoms with Gasteiger partial charge in [0.05, 0.1) is 12.4 Å². The van der Waals surface area contributed by atoms with Gasteiger partial charge in [-0.2, -0.15) is 4.52 Å². The standard InChI is InChI=1S/C10H7N7O3/c11-5-12-7-2-3-8-13-14-10(16(8)15-7)6-1-4-9(20-6)17(18)19/h1-5H,(H2,11,12,15). The number of nitrogens with zero attached hydrogens (tertiary/aromatic N) is 6. The highest BCUT2D eigenvalue weighted by atomic mass is 16.6. The number of hydrogen-bond acceptors (Lipinski definition) is 7. The molecule has 0 aliphatic carbocycles. The summed E-state index contributed by atoms with van der Waals surface area (Å²) in [5.41, 5.74) is 5.65. The zero-order valence-electron chi connectivity index (χ0n) is 9.87. The van der Waals surface area contributed by atoms with E-state index in [1.54, 1.807) is 12.1 Å². The molecule has 0 bridgehead atoms. The van der Waals surface area contributed by atoms with Gasteiger partial charge in [0.1, 0.15) is 4.92 Å². The van der Waals surface area contributed by atoms with Gasteiger partial charge in [-0.3, -0.25) is 10.1 Å². The molecule has 0 radical (unpaired) electrons. The summed E-state index contributed by atoms with van der Waals surface area (Å²) in [6.07, 6.45) is 1.11. The molecule has 10 nitrogen and oxygen atoms in total. The van der Waals surface area contributed by atoms with Gasteiger partial charge in [-0.25, -0.2) is 4.99 Å². The summed E-state index contributed by atoms with van der Waals surface area (Å²) < 4.78 is 6.44. The van der Waals surface area contributed by atoms with E-state index in [9.17, 15) is 10.1 Å². The second-order valence-corrected chi connectivity index (χ2v) is 3.66. The zero-order chi connectivity index (χ0) is 14.1. The molecule has 20 heavy (non-hydrogen) atoms. The van der Waals surface area contributed by atoms with Gasteiger partial charge in [0.15, 0.2) is 17.2 Å². The summed E-state index contributed by atoms with van der Waals surface area (Å²) in [7, 11) is 0. The Bertz CT molecular complexity index is 819. The van der Waals surface area contributed by atoms with Crippen LogP contribution < -0.4 is 5.73 Å². The van der Waals surface area contributed by atoms with Crippen LogP contribution in [0.4, 0.5) is 11.7 Å². The van der Waals surface area contributed by atoms with Gasteiger partial charge < -0.3 is 10.2 Å². The Kier molecular flexibility index (Phi) is 2.60. The van der Waals surface area contributed by atoms with E-state index in [1.807, 2.05) is 0 Å². The van der Waals surface area contributed by atoms with Crippen LogP contribution in [0.5, 0.6) is 0 Å². The molecule has 0 atom stereocenters. The summed E-state index contributed by atoms with van der Waals surface area (Å²) in [4.78, 5) is 13.8. The lowest BCUT2D eigenvalue weighted by Gasteiger charge is -1.96. The second kappa shape index (κ2) is 4.42. The SMILES string of the molecule is NC=Nc1ccc2nnc(-c3ccc([N+](=O)[O-])o3)n2n1. The molecule has 0 amide bonds. The van der Waals surface area contributed by atoms with E-state index in [4.69, 9.17) is 10.2 Å². The van der Waals surface area contributed by atoms with Crippen LogP contribution in [0.25, 0.3) is 17.2 Å². The molecular formula is C10H7N7O3. The zero-order valence-corrected chi connectivity index (χ0v) is 9.87. The number of aliphatic imine (C=N–C) groups is 1. The molecule has 3 rings (SSSR count). The van der Waals surface area contributed by atoms with Crippen LogP contribution in [0.15, 0.2) is 33.7 Å². The first-order valence-electron chi connectivity index (χ1n) is 5.40. The third-order valence-corrected chi connectivity index (χ3v) is 2.45. The molecule has 2 N–H and O–H groups in total. The van der Waals surface area contributed by atoms with Crippen molar-refractivity contribution in [2.24, 2.45) is 10.7 Å². The largest absolute Gasteiger partial charge is 0.433 e. The van der Waals surface area contributed by atoms with E-state index in [0.29, 0.717) is 11.5 Å². The monoisotopic (exact) mass is 273 g/mol. The average molecular weight is 273 g/mol. The molecule has 0 aliphatic heterocycles. The van der Waals surface area contributed by atoms with Gasteiger partial charge in [-0.1, -0.05) is 0 Å². The van der Waals surface area contributed by atoms with Crippen LogP contribution in [-0.4, -0.2) is 31.1 Å². The number of rotatable bonds is 3. The highest BCUT2D eigenvalue weighted by molar-refractivity contribution is 5.59. The van der Waals surface area contributed by atoms with Gasteiger partial charge in [-0.05, 0) is 18.2 Å². The molecule has 0 aliphatic rings. The van der Waals surface area contributed by atoms with Crippen LogP contribution in [0.1, 0.15) is 0 Å². The Labute approximate surface area is 110 Å². The summed E-state index contributed by atoms with van der Waals surface area (Å²) in [5, 5.41) is 22.5. The molecule has 0 spiro atoms. The van der Waals surface area contributed by atoms with Gasteiger partial charge in [0.25, 0.3) is 0 Å². The Hall–Kier alpha value is -3.30. The first-order valence-corrected chi connectivity index (χ1v) is 5.40. The van der Waals surface area contributed by atoms with Crippen molar-refractivity contribution in [3.05, 3.63) is 34.4 Å². The number of fused-ring (bicyclic) bond motifs is 1. The van der Waals surface area contributed by atoms with Crippen molar-refractivity contribution in [2.45, 2.75) is 0 Å². The normalized spacial score (nSPS) is 11.4. The van der Waals surface area contributed by atoms with E-state index >= 15 is 0 Å². The van der Waals surface area contributed by atoms with E-state index in [2.05, 4.69) is 20.3 Å². The molecule has 10 heteroatoms. The average Bonchev–Trinajstić information content (AvgIpc) is 3.04. The molecule has 3 aromatic rings. The summed E-state index contributed by atoms with van der Waals surface area (Å²) in [6.45, 7) is 0. The van der Waals surface area contributed by atoms with Crippen LogP contribution in [0, 0.1) is 10.1 Å². The van der Waals surface area contributed by atoms with Crippen molar-refractivity contribution < 1.29 is 9.34 Å². The minimum atomic E-state index is -0.635. The lowest BCUT2D eigenvalue weighted by Crippen LogP contribution is -1.95. The van der Waals surface area contributed by atoms with Crippen molar-refractivity contribution in [1.82, 2.24) is 19.8 Å². The Morgan fingerprint density at radius 2 is 2.20 bits per heavy atom. The maximum Gasteiger partial charge on any atom is 0.433 e. The minimum absolute atomic E-state index is 0.186. The van der Waals surface area contributed by atoms with Crippen LogP contribution in [0.3, 0.4) is 0 Å². The summed E-state index contributed by atoms with van der Waals surface area (Å²) >= 11 is 0. The lowest BCUT2D eigenvalue weighted by atomic mass is 10.4. The molecule has 0 saturated heterocycles. The van der Waals surface area contributed by atoms with Gasteiger partial charge in [0, 0.05) is 0 Å². The topological polar surface area (TPSA) is 138 Å². The summed E-state index contributed by atoms with van der Waals surface area (Å²) in [6, 6.07) is 5.92. The van der Waals surface area contributed by atoms with Crippen LogP contribution >= 0.6 is 0 Å². The molecule has 0 unspecified atom stereocenters. The predicted octanol–water partition coefficient (Wildman–Crippen LogP) is 0.911. The van der Waals surface area contributed by atoms with Gasteiger partial charge >= 0.3 is 5.88 Å². The quantitative estimate of drug-likeness (QED) is 0.324. The molecule has 100 valence electrons. The fraction of sp³-hybridized carbons (Fsp3) is 0. The van der Waals surface area contributed by atoms with Crippen LogP contribution in [-0.2, 0) is 0 Å². The maximum absolute atomic E-state index is 10.6. The van der Waals surface area contributed by atoms with Gasteiger partial charge in [0.2, 0.25) is 5.82 Å². The number of aromatic nitrogens is 4. The molecule has 0 aromatic carbocycles. The van der Waals surface area contributed by atoms with Crippen molar-refractivity contribution >= 4 is 23.7 Å². The van der Waals surface area contributed by atoms with Crippen molar-refractivity contribution in [3.8, 4) is 11.6 Å². The van der Waals surface area contributed by atoms with E-state index < -0.39 is 4.92 Å². The van der Waals surface area contributed by atoms with E-state index in [0.717, 1.165) is 6.34 Å². The lowest BCUT2D eigenvalue weighted by molar-refractivity contribution is -0.401. The summed E-state index contributed by atoms with van der Waals surface area (Å²) in [5.74, 6) is 0.391. The van der Waals surface area contributed by atoms with Crippen molar-refractivity contribution in [1.29, 1.82) is 0 Å². The van der Waals surface area contributed by atoms with Gasteiger partial charge in [-0.15, -0.1) is 15.3 Å². The minimum Gasteiger partial charge on any atom is -0.397 e. The number of hydrogen-bond donors (Lipinski definition) is 1. The predicted molar refractivity (Wildman–Crippen MR) is 67.5 cm³/mol. The Balaban J connectivity index is 2.14. The maximum atomic E-state index is 10.6. The highest BCUT2D eigenvalue weighted by Crippen LogP contribution is 2.25. The first kappa shape index (κ1) is 11.8. The molecule has 3 heterocycles. The number of nitro groups is 1.